The molecule has 7 heteroatoms. The standard InChI is InChI=1S/C26H22N4O2S/c1-16-8-9-21-20(14-23(31)32-24(21)18(16)3)15-33-26-29-28-25(19-10-12-27-13-11-19)30(26)22-7-5-4-6-17(22)2/h4-14H,15H2,1-3H3. The number of pyridine rings is 1. The Bertz CT molecular complexity index is 1520. The van der Waals surface area contributed by atoms with Crippen molar-refractivity contribution >= 4 is 22.7 Å². The summed E-state index contributed by atoms with van der Waals surface area (Å²) < 4.78 is 7.60. The molecule has 0 saturated carbocycles. The predicted molar refractivity (Wildman–Crippen MR) is 131 cm³/mol. The van der Waals surface area contributed by atoms with Crippen molar-refractivity contribution in [2.45, 2.75) is 31.7 Å². The van der Waals surface area contributed by atoms with E-state index < -0.39 is 0 Å². The molecule has 0 radical (unpaired) electrons. The Morgan fingerprint density at radius 3 is 2.52 bits per heavy atom. The topological polar surface area (TPSA) is 73.8 Å². The van der Waals surface area contributed by atoms with Gasteiger partial charge >= 0.3 is 5.63 Å². The van der Waals surface area contributed by atoms with Gasteiger partial charge in [0.25, 0.3) is 0 Å². The number of hydrogen-bond donors (Lipinski definition) is 0. The summed E-state index contributed by atoms with van der Waals surface area (Å²) in [6.07, 6.45) is 3.50. The highest BCUT2D eigenvalue weighted by molar-refractivity contribution is 7.98. The van der Waals surface area contributed by atoms with Crippen LogP contribution in [-0.2, 0) is 5.75 Å². The third kappa shape index (κ3) is 3.96. The van der Waals surface area contributed by atoms with Gasteiger partial charge in [-0.2, -0.15) is 0 Å². The van der Waals surface area contributed by atoms with Crippen molar-refractivity contribution in [3.63, 3.8) is 0 Å². The van der Waals surface area contributed by atoms with Crippen LogP contribution in [0.2, 0.25) is 0 Å². The highest BCUT2D eigenvalue weighted by atomic mass is 32.2. The zero-order valence-electron chi connectivity index (χ0n) is 18.6. The van der Waals surface area contributed by atoms with E-state index in [0.717, 1.165) is 49.9 Å². The van der Waals surface area contributed by atoms with Gasteiger partial charge in [0.15, 0.2) is 11.0 Å². The average Bonchev–Trinajstić information content (AvgIpc) is 3.25. The summed E-state index contributed by atoms with van der Waals surface area (Å²) in [5.41, 5.74) is 6.37. The van der Waals surface area contributed by atoms with Gasteiger partial charge in [0, 0.05) is 35.2 Å². The maximum atomic E-state index is 12.3. The largest absolute Gasteiger partial charge is 0.422 e. The molecule has 0 amide bonds. The summed E-state index contributed by atoms with van der Waals surface area (Å²) in [6, 6.07) is 17.7. The lowest BCUT2D eigenvalue weighted by Gasteiger charge is -2.13. The van der Waals surface area contributed by atoms with E-state index in [1.54, 1.807) is 30.2 Å². The zero-order chi connectivity index (χ0) is 22.9. The molecule has 5 aromatic rings. The van der Waals surface area contributed by atoms with Crippen LogP contribution in [0.4, 0.5) is 0 Å². The van der Waals surface area contributed by atoms with Gasteiger partial charge in [-0.25, -0.2) is 4.79 Å². The fourth-order valence-corrected chi connectivity index (χ4v) is 4.81. The summed E-state index contributed by atoms with van der Waals surface area (Å²) >= 11 is 1.55. The van der Waals surface area contributed by atoms with Crippen LogP contribution in [0.15, 0.2) is 81.4 Å². The number of aryl methyl sites for hydroxylation is 3. The summed E-state index contributed by atoms with van der Waals surface area (Å²) in [4.78, 5) is 16.4. The second-order valence-electron chi connectivity index (χ2n) is 7.93. The maximum Gasteiger partial charge on any atom is 0.336 e. The molecule has 3 aromatic heterocycles. The van der Waals surface area contributed by atoms with Gasteiger partial charge in [-0.05, 0) is 61.2 Å². The van der Waals surface area contributed by atoms with Crippen LogP contribution in [0.1, 0.15) is 22.3 Å². The molecule has 164 valence electrons. The van der Waals surface area contributed by atoms with Crippen LogP contribution in [0.3, 0.4) is 0 Å². The molecule has 0 N–H and O–H groups in total. The lowest BCUT2D eigenvalue weighted by Crippen LogP contribution is -2.03. The van der Waals surface area contributed by atoms with Crippen LogP contribution in [0.25, 0.3) is 28.0 Å². The molecule has 0 bridgehead atoms. The number of aromatic nitrogens is 4. The van der Waals surface area contributed by atoms with Crippen molar-refractivity contribution in [2.24, 2.45) is 0 Å². The third-order valence-corrected chi connectivity index (χ3v) is 6.78. The molecular weight excluding hydrogens is 432 g/mol. The van der Waals surface area contributed by atoms with E-state index >= 15 is 0 Å². The molecule has 6 nitrogen and oxygen atoms in total. The Balaban J connectivity index is 1.59. The molecule has 0 aliphatic heterocycles. The molecule has 0 aliphatic carbocycles. The number of fused-ring (bicyclic) bond motifs is 1. The van der Waals surface area contributed by atoms with Crippen molar-refractivity contribution in [1.29, 1.82) is 0 Å². The molecule has 0 fully saturated rings. The number of benzene rings is 2. The fourth-order valence-electron chi connectivity index (χ4n) is 3.87. The Morgan fingerprint density at radius 2 is 1.73 bits per heavy atom. The van der Waals surface area contributed by atoms with Crippen molar-refractivity contribution in [3.8, 4) is 17.1 Å². The van der Waals surface area contributed by atoms with Crippen LogP contribution < -0.4 is 5.63 Å². The molecule has 2 aromatic carbocycles. The summed E-state index contributed by atoms with van der Waals surface area (Å²) in [5.74, 6) is 1.31. The Morgan fingerprint density at radius 1 is 0.939 bits per heavy atom. The first-order chi connectivity index (χ1) is 16.0. The Kier molecular flexibility index (Phi) is 5.56. The first-order valence-corrected chi connectivity index (χ1v) is 11.6. The minimum atomic E-state index is -0.343. The van der Waals surface area contributed by atoms with Crippen molar-refractivity contribution in [1.82, 2.24) is 19.7 Å². The highest BCUT2D eigenvalue weighted by Gasteiger charge is 2.18. The van der Waals surface area contributed by atoms with E-state index in [-0.39, 0.29) is 5.63 Å². The first-order valence-electron chi connectivity index (χ1n) is 10.6. The van der Waals surface area contributed by atoms with E-state index in [0.29, 0.717) is 11.3 Å². The van der Waals surface area contributed by atoms with Crippen molar-refractivity contribution < 1.29 is 4.42 Å². The van der Waals surface area contributed by atoms with E-state index in [1.807, 2.05) is 44.2 Å². The Hall–Kier alpha value is -3.71. The highest BCUT2D eigenvalue weighted by Crippen LogP contribution is 2.32. The summed E-state index contributed by atoms with van der Waals surface area (Å²) in [5, 5.41) is 10.7. The lowest BCUT2D eigenvalue weighted by molar-refractivity contribution is 0.557. The van der Waals surface area contributed by atoms with Gasteiger partial charge < -0.3 is 4.42 Å². The van der Waals surface area contributed by atoms with E-state index in [2.05, 4.69) is 44.9 Å². The van der Waals surface area contributed by atoms with Gasteiger partial charge in [0.1, 0.15) is 5.58 Å². The van der Waals surface area contributed by atoms with Gasteiger partial charge in [-0.1, -0.05) is 42.1 Å². The second kappa shape index (κ2) is 8.67. The van der Waals surface area contributed by atoms with E-state index in [4.69, 9.17) is 4.42 Å². The number of rotatable bonds is 5. The van der Waals surface area contributed by atoms with Gasteiger partial charge in [-0.3, -0.25) is 9.55 Å². The molecule has 3 heterocycles. The number of thioether (sulfide) groups is 1. The number of nitrogens with zero attached hydrogens (tertiary/aromatic N) is 4. The maximum absolute atomic E-state index is 12.3. The molecule has 33 heavy (non-hydrogen) atoms. The van der Waals surface area contributed by atoms with E-state index in [1.165, 1.54) is 0 Å². The van der Waals surface area contributed by atoms with Crippen molar-refractivity contribution in [2.75, 3.05) is 0 Å². The van der Waals surface area contributed by atoms with Crippen LogP contribution in [0.5, 0.6) is 0 Å². The smallest absolute Gasteiger partial charge is 0.336 e. The normalized spacial score (nSPS) is 11.2. The minimum absolute atomic E-state index is 0.343. The monoisotopic (exact) mass is 454 g/mol. The molecule has 0 spiro atoms. The first kappa shape index (κ1) is 21.2. The average molecular weight is 455 g/mol. The zero-order valence-corrected chi connectivity index (χ0v) is 19.4. The third-order valence-electron chi connectivity index (χ3n) is 5.80. The van der Waals surface area contributed by atoms with Crippen molar-refractivity contribution in [3.05, 3.63) is 99.7 Å². The second-order valence-corrected chi connectivity index (χ2v) is 8.87. The quantitative estimate of drug-likeness (QED) is 0.252. The van der Waals surface area contributed by atoms with Gasteiger partial charge in [0.05, 0.1) is 5.69 Å². The van der Waals surface area contributed by atoms with Crippen LogP contribution >= 0.6 is 11.8 Å². The van der Waals surface area contributed by atoms with Crippen LogP contribution in [0, 0.1) is 20.8 Å². The molecule has 0 saturated heterocycles. The van der Waals surface area contributed by atoms with Crippen LogP contribution in [-0.4, -0.2) is 19.7 Å². The molecule has 0 unspecified atom stereocenters. The Labute approximate surface area is 195 Å². The van der Waals surface area contributed by atoms with E-state index in [9.17, 15) is 4.79 Å². The molecule has 5 rings (SSSR count). The molecule has 0 atom stereocenters. The molecule has 0 aliphatic rings. The van der Waals surface area contributed by atoms with Gasteiger partial charge in [0.2, 0.25) is 0 Å². The lowest BCUT2D eigenvalue weighted by atomic mass is 10.0. The SMILES string of the molecule is Cc1ccccc1-n1c(SCc2cc(=O)oc3c(C)c(C)ccc23)nnc1-c1ccncc1. The predicted octanol–water partition coefficient (Wildman–Crippen LogP) is 5.65. The summed E-state index contributed by atoms with van der Waals surface area (Å²) in [7, 11) is 0. The summed E-state index contributed by atoms with van der Waals surface area (Å²) in [6.45, 7) is 6.07. The van der Waals surface area contributed by atoms with Gasteiger partial charge in [-0.15, -0.1) is 10.2 Å². The molecular formula is C26H22N4O2S. The minimum Gasteiger partial charge on any atom is -0.422 e. The number of hydrogen-bond acceptors (Lipinski definition) is 6. The number of para-hydroxylation sites is 1. The fraction of sp³-hybridized carbons (Fsp3) is 0.154.